The standard InChI is InChI=1S/C18H29NO6/c1-4-24-16(22)15(17(23)25-5-2)13(3)19-12-18(11-14(20)21)9-7-6-8-10-18/h19H,4-12H2,1-3H3,(H,20,21). The fourth-order valence-electron chi connectivity index (χ4n) is 3.24. The molecule has 0 aromatic carbocycles. The van der Waals surface area contributed by atoms with Gasteiger partial charge in [0.15, 0.2) is 5.57 Å². The Kier molecular flexibility index (Phi) is 8.45. The molecule has 0 aliphatic heterocycles. The lowest BCUT2D eigenvalue weighted by molar-refractivity contribution is -0.147. The van der Waals surface area contributed by atoms with Crippen molar-refractivity contribution >= 4 is 17.9 Å². The summed E-state index contributed by atoms with van der Waals surface area (Å²) in [4.78, 5) is 35.4. The molecule has 1 aliphatic rings. The van der Waals surface area contributed by atoms with Gasteiger partial charge in [0.1, 0.15) is 0 Å². The third-order valence-electron chi connectivity index (χ3n) is 4.50. The van der Waals surface area contributed by atoms with Crippen molar-refractivity contribution in [3.05, 3.63) is 11.3 Å². The van der Waals surface area contributed by atoms with Crippen LogP contribution in [-0.4, -0.2) is 42.8 Å². The maximum absolute atomic E-state index is 12.1. The molecular weight excluding hydrogens is 326 g/mol. The van der Waals surface area contributed by atoms with Gasteiger partial charge in [-0.25, -0.2) is 9.59 Å². The topological polar surface area (TPSA) is 102 Å². The third kappa shape index (κ3) is 6.40. The van der Waals surface area contributed by atoms with Gasteiger partial charge in [-0.15, -0.1) is 0 Å². The average molecular weight is 355 g/mol. The SMILES string of the molecule is CCOC(=O)C(C(=O)OCC)=C(C)NCC1(CC(=O)O)CCCCC1. The molecule has 2 N–H and O–H groups in total. The lowest BCUT2D eigenvalue weighted by atomic mass is 9.71. The number of hydrogen-bond acceptors (Lipinski definition) is 6. The number of allylic oxidation sites excluding steroid dienone is 1. The van der Waals surface area contributed by atoms with Crippen LogP contribution in [0.5, 0.6) is 0 Å². The average Bonchev–Trinajstić information content (AvgIpc) is 2.54. The van der Waals surface area contributed by atoms with Crippen molar-refractivity contribution in [1.29, 1.82) is 0 Å². The lowest BCUT2D eigenvalue weighted by Crippen LogP contribution is -2.38. The number of ether oxygens (including phenoxy) is 2. The molecule has 0 amide bonds. The predicted molar refractivity (Wildman–Crippen MR) is 91.7 cm³/mol. The molecule has 25 heavy (non-hydrogen) atoms. The summed E-state index contributed by atoms with van der Waals surface area (Å²) in [5, 5.41) is 12.3. The number of carboxylic acid groups (broad SMARTS) is 1. The first-order valence-corrected chi connectivity index (χ1v) is 8.86. The number of esters is 2. The van der Waals surface area contributed by atoms with Crippen molar-refractivity contribution in [2.24, 2.45) is 5.41 Å². The Morgan fingerprint density at radius 1 is 1.00 bits per heavy atom. The summed E-state index contributed by atoms with van der Waals surface area (Å²) in [5.41, 5.74) is -0.169. The van der Waals surface area contributed by atoms with Crippen LogP contribution in [0.4, 0.5) is 0 Å². The van der Waals surface area contributed by atoms with Gasteiger partial charge >= 0.3 is 17.9 Å². The smallest absolute Gasteiger partial charge is 0.347 e. The van der Waals surface area contributed by atoms with E-state index in [0.29, 0.717) is 12.2 Å². The molecule has 0 atom stereocenters. The van der Waals surface area contributed by atoms with Gasteiger partial charge in [0, 0.05) is 12.2 Å². The normalized spacial score (nSPS) is 15.8. The van der Waals surface area contributed by atoms with Crippen LogP contribution in [0.2, 0.25) is 0 Å². The molecule has 0 radical (unpaired) electrons. The summed E-state index contributed by atoms with van der Waals surface area (Å²) in [7, 11) is 0. The van der Waals surface area contributed by atoms with E-state index in [4.69, 9.17) is 9.47 Å². The number of carboxylic acids is 1. The summed E-state index contributed by atoms with van der Waals surface area (Å²) in [6.45, 7) is 5.63. The van der Waals surface area contributed by atoms with Gasteiger partial charge in [-0.2, -0.15) is 0 Å². The van der Waals surface area contributed by atoms with E-state index in [0.717, 1.165) is 32.1 Å². The number of aliphatic carboxylic acids is 1. The van der Waals surface area contributed by atoms with Crippen LogP contribution >= 0.6 is 0 Å². The van der Waals surface area contributed by atoms with Crippen LogP contribution in [0.25, 0.3) is 0 Å². The minimum Gasteiger partial charge on any atom is -0.481 e. The molecule has 142 valence electrons. The quantitative estimate of drug-likeness (QED) is 0.283. The zero-order valence-electron chi connectivity index (χ0n) is 15.4. The second-order valence-electron chi connectivity index (χ2n) is 6.43. The first-order valence-electron chi connectivity index (χ1n) is 8.86. The summed E-state index contributed by atoms with van der Waals surface area (Å²) in [6, 6.07) is 0. The molecule has 7 nitrogen and oxygen atoms in total. The molecule has 0 aromatic heterocycles. The molecule has 1 fully saturated rings. The van der Waals surface area contributed by atoms with Gasteiger partial charge in [0.05, 0.1) is 19.6 Å². The Hall–Kier alpha value is -2.05. The maximum Gasteiger partial charge on any atom is 0.347 e. The number of carbonyl (C=O) groups is 3. The fourth-order valence-corrected chi connectivity index (χ4v) is 3.24. The van der Waals surface area contributed by atoms with Crippen LogP contribution < -0.4 is 5.32 Å². The molecule has 1 rings (SSSR count). The summed E-state index contributed by atoms with van der Waals surface area (Å²) >= 11 is 0. The van der Waals surface area contributed by atoms with Crippen molar-refractivity contribution in [1.82, 2.24) is 5.32 Å². The zero-order valence-corrected chi connectivity index (χ0v) is 15.4. The van der Waals surface area contributed by atoms with Gasteiger partial charge < -0.3 is 19.9 Å². The molecule has 0 saturated heterocycles. The van der Waals surface area contributed by atoms with Crippen molar-refractivity contribution in [3.63, 3.8) is 0 Å². The second kappa shape index (κ2) is 10.1. The molecule has 0 spiro atoms. The highest BCUT2D eigenvalue weighted by Gasteiger charge is 2.35. The maximum atomic E-state index is 12.1. The van der Waals surface area contributed by atoms with Crippen molar-refractivity contribution < 1.29 is 29.0 Å². The Balaban J connectivity index is 2.95. The third-order valence-corrected chi connectivity index (χ3v) is 4.50. The number of hydrogen-bond donors (Lipinski definition) is 2. The van der Waals surface area contributed by atoms with E-state index in [1.165, 1.54) is 0 Å². The van der Waals surface area contributed by atoms with Crippen molar-refractivity contribution in [2.45, 2.75) is 59.3 Å². The number of nitrogens with one attached hydrogen (secondary N) is 1. The van der Waals surface area contributed by atoms with Gasteiger partial charge in [0.2, 0.25) is 0 Å². The predicted octanol–water partition coefficient (Wildman–Crippen LogP) is 2.40. The van der Waals surface area contributed by atoms with E-state index < -0.39 is 17.9 Å². The Morgan fingerprint density at radius 2 is 1.52 bits per heavy atom. The van der Waals surface area contributed by atoms with E-state index in [2.05, 4.69) is 5.32 Å². The summed E-state index contributed by atoms with van der Waals surface area (Å²) in [5.74, 6) is -2.30. The Labute approximate surface area is 148 Å². The second-order valence-corrected chi connectivity index (χ2v) is 6.43. The van der Waals surface area contributed by atoms with Crippen LogP contribution in [0.3, 0.4) is 0 Å². The van der Waals surface area contributed by atoms with E-state index in [9.17, 15) is 19.5 Å². The van der Waals surface area contributed by atoms with Crippen LogP contribution in [0.1, 0.15) is 59.3 Å². The Morgan fingerprint density at radius 3 is 1.96 bits per heavy atom. The molecule has 0 aromatic rings. The first-order chi connectivity index (χ1) is 11.8. The molecule has 1 aliphatic carbocycles. The minimum absolute atomic E-state index is 0.0709. The van der Waals surface area contributed by atoms with E-state index in [-0.39, 0.29) is 30.6 Å². The summed E-state index contributed by atoms with van der Waals surface area (Å²) in [6.07, 6.45) is 4.77. The highest BCUT2D eigenvalue weighted by atomic mass is 16.6. The van der Waals surface area contributed by atoms with Gasteiger partial charge in [-0.05, 0) is 39.0 Å². The van der Waals surface area contributed by atoms with Crippen molar-refractivity contribution in [2.75, 3.05) is 19.8 Å². The first kappa shape index (κ1) is 21.0. The summed E-state index contributed by atoms with van der Waals surface area (Å²) < 4.78 is 9.88. The van der Waals surface area contributed by atoms with Gasteiger partial charge in [0.25, 0.3) is 0 Å². The fraction of sp³-hybridized carbons (Fsp3) is 0.722. The largest absolute Gasteiger partial charge is 0.481 e. The molecule has 0 heterocycles. The molecule has 7 heteroatoms. The highest BCUT2D eigenvalue weighted by molar-refractivity contribution is 6.14. The minimum atomic E-state index is -0.832. The van der Waals surface area contributed by atoms with E-state index in [1.807, 2.05) is 0 Å². The highest BCUT2D eigenvalue weighted by Crippen LogP contribution is 2.39. The zero-order chi connectivity index (χ0) is 18.9. The van der Waals surface area contributed by atoms with E-state index in [1.54, 1.807) is 20.8 Å². The van der Waals surface area contributed by atoms with Crippen molar-refractivity contribution in [3.8, 4) is 0 Å². The lowest BCUT2D eigenvalue weighted by Gasteiger charge is -2.36. The monoisotopic (exact) mass is 355 g/mol. The van der Waals surface area contributed by atoms with Crippen LogP contribution in [-0.2, 0) is 23.9 Å². The van der Waals surface area contributed by atoms with Crippen LogP contribution in [0, 0.1) is 5.41 Å². The van der Waals surface area contributed by atoms with Gasteiger partial charge in [-0.3, -0.25) is 4.79 Å². The number of rotatable bonds is 9. The molecular formula is C18H29NO6. The number of carbonyl (C=O) groups excluding carboxylic acids is 2. The molecule has 0 unspecified atom stereocenters. The molecule has 0 bridgehead atoms. The van der Waals surface area contributed by atoms with E-state index >= 15 is 0 Å². The Bertz CT molecular complexity index is 500. The van der Waals surface area contributed by atoms with Gasteiger partial charge in [-0.1, -0.05) is 19.3 Å². The van der Waals surface area contributed by atoms with Crippen LogP contribution in [0.15, 0.2) is 11.3 Å². The molecule has 1 saturated carbocycles.